The molecular weight excluding hydrogens is 283 g/mol. The zero-order valence-electron chi connectivity index (χ0n) is 13.4. The first-order chi connectivity index (χ1) is 10.3. The van der Waals surface area contributed by atoms with E-state index in [1.807, 2.05) is 20.8 Å². The number of hydrogen-bond donors (Lipinski definition) is 1. The third kappa shape index (κ3) is 4.06. The van der Waals surface area contributed by atoms with Crippen LogP contribution in [0.15, 0.2) is 24.3 Å². The number of carbonyl (C=O) groups excluding carboxylic acids is 2. The van der Waals surface area contributed by atoms with E-state index in [2.05, 4.69) is 5.32 Å². The Morgan fingerprint density at radius 2 is 2.05 bits per heavy atom. The van der Waals surface area contributed by atoms with Crippen molar-refractivity contribution in [3.05, 3.63) is 30.1 Å². The predicted octanol–water partition coefficient (Wildman–Crippen LogP) is 3.05. The van der Waals surface area contributed by atoms with Crippen LogP contribution < -0.4 is 5.32 Å². The molecule has 0 bridgehead atoms. The minimum atomic E-state index is -0.444. The van der Waals surface area contributed by atoms with E-state index in [-0.39, 0.29) is 23.5 Å². The normalized spacial score (nSPS) is 18.9. The monoisotopic (exact) mass is 306 g/mol. The molecule has 1 fully saturated rings. The lowest BCUT2D eigenvalue weighted by atomic mass is 9.91. The molecule has 1 aromatic carbocycles. The van der Waals surface area contributed by atoms with Gasteiger partial charge < -0.3 is 10.2 Å². The number of hydrogen-bond acceptors (Lipinski definition) is 2. The van der Waals surface area contributed by atoms with Gasteiger partial charge in [0.2, 0.25) is 11.8 Å². The van der Waals surface area contributed by atoms with Crippen LogP contribution in [0.25, 0.3) is 0 Å². The second-order valence-corrected chi connectivity index (χ2v) is 6.84. The van der Waals surface area contributed by atoms with Gasteiger partial charge in [-0.1, -0.05) is 26.8 Å². The van der Waals surface area contributed by atoms with Crippen LogP contribution in [-0.4, -0.2) is 29.8 Å². The molecule has 22 heavy (non-hydrogen) atoms. The molecule has 4 nitrogen and oxygen atoms in total. The van der Waals surface area contributed by atoms with Crippen molar-refractivity contribution < 1.29 is 14.0 Å². The summed E-state index contributed by atoms with van der Waals surface area (Å²) >= 11 is 0. The third-order valence-electron chi connectivity index (χ3n) is 3.81. The molecule has 0 unspecified atom stereocenters. The number of piperidine rings is 1. The van der Waals surface area contributed by atoms with Crippen molar-refractivity contribution in [3.63, 3.8) is 0 Å². The fourth-order valence-electron chi connectivity index (χ4n) is 2.66. The SMILES string of the molecule is CC(C)(C)C(=O)N1CCC[C@@H](C(=O)Nc2cccc(F)c2)C1. The van der Waals surface area contributed by atoms with Gasteiger partial charge in [0.25, 0.3) is 0 Å². The number of carbonyl (C=O) groups is 2. The number of rotatable bonds is 2. The van der Waals surface area contributed by atoms with E-state index in [9.17, 15) is 14.0 Å². The number of nitrogens with zero attached hydrogens (tertiary/aromatic N) is 1. The molecule has 5 heteroatoms. The maximum atomic E-state index is 13.2. The van der Waals surface area contributed by atoms with Crippen molar-refractivity contribution in [2.75, 3.05) is 18.4 Å². The highest BCUT2D eigenvalue weighted by atomic mass is 19.1. The number of benzene rings is 1. The summed E-state index contributed by atoms with van der Waals surface area (Å²) in [5.41, 5.74) is 0.00487. The molecule has 1 atom stereocenters. The number of anilines is 1. The van der Waals surface area contributed by atoms with Crippen LogP contribution in [-0.2, 0) is 9.59 Å². The molecule has 0 aromatic heterocycles. The first-order valence-corrected chi connectivity index (χ1v) is 7.63. The smallest absolute Gasteiger partial charge is 0.229 e. The Balaban J connectivity index is 2.00. The van der Waals surface area contributed by atoms with Gasteiger partial charge in [0.05, 0.1) is 5.92 Å². The van der Waals surface area contributed by atoms with E-state index in [1.165, 1.54) is 12.1 Å². The van der Waals surface area contributed by atoms with Gasteiger partial charge in [0, 0.05) is 24.2 Å². The van der Waals surface area contributed by atoms with Crippen LogP contribution in [0.3, 0.4) is 0 Å². The molecule has 0 radical (unpaired) electrons. The molecular formula is C17H23FN2O2. The number of nitrogens with one attached hydrogen (secondary N) is 1. The zero-order chi connectivity index (χ0) is 16.3. The molecule has 1 aromatic rings. The van der Waals surface area contributed by atoms with E-state index in [4.69, 9.17) is 0 Å². The topological polar surface area (TPSA) is 49.4 Å². The number of likely N-dealkylation sites (tertiary alicyclic amines) is 1. The highest BCUT2D eigenvalue weighted by Gasteiger charge is 2.33. The summed E-state index contributed by atoms with van der Waals surface area (Å²) in [5, 5.41) is 2.73. The van der Waals surface area contributed by atoms with E-state index in [0.717, 1.165) is 12.8 Å². The molecule has 1 heterocycles. The molecule has 1 aliphatic rings. The molecule has 2 rings (SSSR count). The maximum Gasteiger partial charge on any atom is 0.229 e. The molecule has 1 N–H and O–H groups in total. The molecule has 1 saturated heterocycles. The fraction of sp³-hybridized carbons (Fsp3) is 0.529. The minimum Gasteiger partial charge on any atom is -0.341 e. The van der Waals surface area contributed by atoms with Crippen LogP contribution in [0.2, 0.25) is 0 Å². The predicted molar refractivity (Wildman–Crippen MR) is 83.8 cm³/mol. The standard InChI is InChI=1S/C17H23FN2O2/c1-17(2,3)16(22)20-9-5-6-12(11-20)15(21)19-14-8-4-7-13(18)10-14/h4,7-8,10,12H,5-6,9,11H2,1-3H3,(H,19,21)/t12-/m1/s1. The Morgan fingerprint density at radius 3 is 2.68 bits per heavy atom. The van der Waals surface area contributed by atoms with Gasteiger partial charge in [0.15, 0.2) is 0 Å². The van der Waals surface area contributed by atoms with Crippen LogP contribution >= 0.6 is 0 Å². The lowest BCUT2D eigenvalue weighted by Crippen LogP contribution is -2.47. The summed E-state index contributed by atoms with van der Waals surface area (Å²) in [6.45, 7) is 6.76. The summed E-state index contributed by atoms with van der Waals surface area (Å²) in [4.78, 5) is 26.4. The molecule has 0 saturated carbocycles. The first kappa shape index (κ1) is 16.5. The Labute approximate surface area is 130 Å². The first-order valence-electron chi connectivity index (χ1n) is 7.63. The van der Waals surface area contributed by atoms with E-state index >= 15 is 0 Å². The van der Waals surface area contributed by atoms with Crippen molar-refractivity contribution in [3.8, 4) is 0 Å². The van der Waals surface area contributed by atoms with E-state index in [1.54, 1.807) is 17.0 Å². The number of halogens is 1. The Hall–Kier alpha value is -1.91. The summed E-state index contributed by atoms with van der Waals surface area (Å²) in [6.07, 6.45) is 1.55. The Morgan fingerprint density at radius 1 is 1.32 bits per heavy atom. The van der Waals surface area contributed by atoms with Crippen molar-refractivity contribution in [2.45, 2.75) is 33.6 Å². The third-order valence-corrected chi connectivity index (χ3v) is 3.81. The summed E-state index contributed by atoms with van der Waals surface area (Å²) in [7, 11) is 0. The Bertz CT molecular complexity index is 566. The van der Waals surface area contributed by atoms with Gasteiger partial charge in [-0.15, -0.1) is 0 Å². The second kappa shape index (κ2) is 6.46. The van der Waals surface area contributed by atoms with Gasteiger partial charge in [-0.25, -0.2) is 4.39 Å². The van der Waals surface area contributed by atoms with Gasteiger partial charge in [-0.2, -0.15) is 0 Å². The lowest BCUT2D eigenvalue weighted by molar-refractivity contribution is -0.142. The molecule has 0 spiro atoms. The lowest BCUT2D eigenvalue weighted by Gasteiger charge is -2.35. The summed E-state index contributed by atoms with van der Waals surface area (Å²) < 4.78 is 13.2. The summed E-state index contributed by atoms with van der Waals surface area (Å²) in [6, 6.07) is 5.84. The molecule has 1 aliphatic heterocycles. The fourth-order valence-corrected chi connectivity index (χ4v) is 2.66. The zero-order valence-corrected chi connectivity index (χ0v) is 13.4. The van der Waals surface area contributed by atoms with E-state index < -0.39 is 5.41 Å². The molecule has 120 valence electrons. The van der Waals surface area contributed by atoms with Crippen molar-refractivity contribution >= 4 is 17.5 Å². The Kier molecular flexibility index (Phi) is 4.84. The van der Waals surface area contributed by atoms with Gasteiger partial charge in [-0.3, -0.25) is 9.59 Å². The minimum absolute atomic E-state index is 0.0655. The van der Waals surface area contributed by atoms with Crippen LogP contribution in [0.4, 0.5) is 10.1 Å². The van der Waals surface area contributed by atoms with Gasteiger partial charge in [-0.05, 0) is 31.0 Å². The van der Waals surface area contributed by atoms with Crippen molar-refractivity contribution in [1.82, 2.24) is 4.90 Å². The van der Waals surface area contributed by atoms with Crippen LogP contribution in [0, 0.1) is 17.2 Å². The highest BCUT2D eigenvalue weighted by molar-refractivity contribution is 5.93. The average Bonchev–Trinajstić information content (AvgIpc) is 2.45. The summed E-state index contributed by atoms with van der Waals surface area (Å²) in [5.74, 6) is -0.720. The molecule has 2 amide bonds. The van der Waals surface area contributed by atoms with Crippen LogP contribution in [0.1, 0.15) is 33.6 Å². The van der Waals surface area contributed by atoms with Crippen molar-refractivity contribution in [1.29, 1.82) is 0 Å². The van der Waals surface area contributed by atoms with Crippen molar-refractivity contribution in [2.24, 2.45) is 11.3 Å². The maximum absolute atomic E-state index is 13.2. The largest absolute Gasteiger partial charge is 0.341 e. The second-order valence-electron chi connectivity index (χ2n) is 6.84. The quantitative estimate of drug-likeness (QED) is 0.913. The van der Waals surface area contributed by atoms with Crippen LogP contribution in [0.5, 0.6) is 0 Å². The molecule has 0 aliphatic carbocycles. The van der Waals surface area contributed by atoms with E-state index in [0.29, 0.717) is 18.8 Å². The average molecular weight is 306 g/mol. The highest BCUT2D eigenvalue weighted by Crippen LogP contribution is 2.24. The van der Waals surface area contributed by atoms with Gasteiger partial charge in [0.1, 0.15) is 5.82 Å². The van der Waals surface area contributed by atoms with Gasteiger partial charge >= 0.3 is 0 Å². The number of amides is 2.